The van der Waals surface area contributed by atoms with Crippen molar-refractivity contribution in [3.8, 4) is 22.8 Å². The minimum absolute atomic E-state index is 0.392. The van der Waals surface area contributed by atoms with Crippen LogP contribution in [0.15, 0.2) is 54.6 Å². The van der Waals surface area contributed by atoms with Crippen molar-refractivity contribution in [1.29, 1.82) is 0 Å². The Morgan fingerprint density at radius 3 is 2.37 bits per heavy atom. The summed E-state index contributed by atoms with van der Waals surface area (Å²) in [5.74, 6) is 1.49. The summed E-state index contributed by atoms with van der Waals surface area (Å²) in [6.07, 6.45) is 2.07. The van der Waals surface area contributed by atoms with Gasteiger partial charge < -0.3 is 15.8 Å². The van der Waals surface area contributed by atoms with Gasteiger partial charge in [-0.05, 0) is 62.3 Å². The van der Waals surface area contributed by atoms with Crippen molar-refractivity contribution in [2.75, 3.05) is 13.1 Å². The standard InChI is InChI=1S/C21H21N3O2S/c22-20(25)19-18(24-21(27-19)15-10-12-23-13-11-15)14-6-8-17(9-7-14)26-16-4-2-1-3-5-16/h1-9,15,23H,10-13H2,(H2,22,25). The molecule has 0 saturated carbocycles. The average Bonchev–Trinajstić information content (AvgIpc) is 3.16. The van der Waals surface area contributed by atoms with E-state index < -0.39 is 5.91 Å². The molecule has 3 N–H and O–H groups in total. The number of para-hydroxylation sites is 1. The molecule has 6 heteroatoms. The Labute approximate surface area is 162 Å². The molecule has 0 aliphatic carbocycles. The Balaban J connectivity index is 1.60. The maximum absolute atomic E-state index is 12.0. The molecule has 27 heavy (non-hydrogen) atoms. The molecule has 0 spiro atoms. The molecule has 0 atom stereocenters. The Kier molecular flexibility index (Phi) is 5.18. The van der Waals surface area contributed by atoms with E-state index in [0.717, 1.165) is 48.0 Å². The predicted molar refractivity (Wildman–Crippen MR) is 107 cm³/mol. The van der Waals surface area contributed by atoms with Crippen molar-refractivity contribution in [2.24, 2.45) is 5.73 Å². The van der Waals surface area contributed by atoms with Crippen molar-refractivity contribution in [1.82, 2.24) is 10.3 Å². The van der Waals surface area contributed by atoms with Crippen LogP contribution in [0.1, 0.15) is 33.4 Å². The fourth-order valence-corrected chi connectivity index (χ4v) is 4.36. The maximum Gasteiger partial charge on any atom is 0.261 e. The number of hydrogen-bond acceptors (Lipinski definition) is 5. The molecule has 138 valence electrons. The quantitative estimate of drug-likeness (QED) is 0.697. The van der Waals surface area contributed by atoms with Crippen molar-refractivity contribution < 1.29 is 9.53 Å². The molecular weight excluding hydrogens is 358 g/mol. The van der Waals surface area contributed by atoms with E-state index in [0.29, 0.717) is 16.5 Å². The molecule has 0 unspecified atom stereocenters. The molecule has 1 aliphatic heterocycles. The molecule has 0 bridgehead atoms. The number of nitrogens with one attached hydrogen (secondary N) is 1. The first-order valence-corrected chi connectivity index (χ1v) is 9.87. The average molecular weight is 379 g/mol. The van der Waals surface area contributed by atoms with Crippen LogP contribution in [0.5, 0.6) is 11.5 Å². The first-order valence-electron chi connectivity index (χ1n) is 9.05. The lowest BCUT2D eigenvalue weighted by Gasteiger charge is -2.20. The number of hydrogen-bond donors (Lipinski definition) is 2. The summed E-state index contributed by atoms with van der Waals surface area (Å²) in [5, 5.41) is 4.36. The zero-order valence-electron chi connectivity index (χ0n) is 14.9. The van der Waals surface area contributed by atoms with Crippen LogP contribution in [-0.4, -0.2) is 24.0 Å². The molecule has 1 aliphatic rings. The van der Waals surface area contributed by atoms with Crippen molar-refractivity contribution in [3.63, 3.8) is 0 Å². The summed E-state index contributed by atoms with van der Waals surface area (Å²) in [6, 6.07) is 17.2. The highest BCUT2D eigenvalue weighted by Crippen LogP contribution is 2.35. The summed E-state index contributed by atoms with van der Waals surface area (Å²) >= 11 is 1.43. The smallest absolute Gasteiger partial charge is 0.261 e. The molecule has 1 aromatic heterocycles. The minimum Gasteiger partial charge on any atom is -0.457 e. The fraction of sp³-hybridized carbons (Fsp3) is 0.238. The third-order valence-corrected chi connectivity index (χ3v) is 5.89. The van der Waals surface area contributed by atoms with E-state index in [2.05, 4.69) is 5.32 Å². The van der Waals surface area contributed by atoms with Crippen LogP contribution in [0.2, 0.25) is 0 Å². The summed E-state index contributed by atoms with van der Waals surface area (Å²) in [7, 11) is 0. The number of benzene rings is 2. The second kappa shape index (κ2) is 7.90. The van der Waals surface area contributed by atoms with Crippen molar-refractivity contribution in [3.05, 3.63) is 64.5 Å². The lowest BCUT2D eigenvalue weighted by molar-refractivity contribution is 0.100. The van der Waals surface area contributed by atoms with Gasteiger partial charge in [-0.3, -0.25) is 4.79 Å². The topological polar surface area (TPSA) is 77.2 Å². The summed E-state index contributed by atoms with van der Waals surface area (Å²) in [5.41, 5.74) is 7.17. The van der Waals surface area contributed by atoms with E-state index in [4.69, 9.17) is 15.5 Å². The highest BCUT2D eigenvalue weighted by atomic mass is 32.1. The maximum atomic E-state index is 12.0. The Morgan fingerprint density at radius 1 is 1.04 bits per heavy atom. The molecule has 2 aromatic carbocycles. The van der Waals surface area contributed by atoms with Gasteiger partial charge in [-0.2, -0.15) is 0 Å². The molecule has 4 rings (SSSR count). The lowest BCUT2D eigenvalue weighted by atomic mass is 9.99. The van der Waals surface area contributed by atoms with Crippen LogP contribution in [0, 0.1) is 0 Å². The van der Waals surface area contributed by atoms with Crippen LogP contribution >= 0.6 is 11.3 Å². The van der Waals surface area contributed by atoms with Gasteiger partial charge in [0.1, 0.15) is 16.4 Å². The van der Waals surface area contributed by atoms with Crippen LogP contribution in [-0.2, 0) is 0 Å². The molecule has 1 fully saturated rings. The number of amides is 1. The number of rotatable bonds is 5. The van der Waals surface area contributed by atoms with Gasteiger partial charge in [0.15, 0.2) is 0 Å². The molecule has 1 saturated heterocycles. The first-order chi connectivity index (χ1) is 13.2. The van der Waals surface area contributed by atoms with Gasteiger partial charge in [0.2, 0.25) is 0 Å². The van der Waals surface area contributed by atoms with Crippen LogP contribution in [0.4, 0.5) is 0 Å². The molecule has 3 aromatic rings. The minimum atomic E-state index is -0.424. The normalized spacial score (nSPS) is 14.8. The lowest BCUT2D eigenvalue weighted by Crippen LogP contribution is -2.26. The van der Waals surface area contributed by atoms with E-state index in [1.807, 2.05) is 54.6 Å². The third-order valence-electron chi connectivity index (χ3n) is 4.66. The number of carbonyl (C=O) groups excluding carboxylic acids is 1. The number of primary amides is 1. The fourth-order valence-electron chi connectivity index (χ4n) is 3.25. The number of piperidine rings is 1. The predicted octanol–water partition coefficient (Wildman–Crippen LogP) is 4.17. The Morgan fingerprint density at radius 2 is 1.70 bits per heavy atom. The molecule has 0 radical (unpaired) electrons. The zero-order valence-corrected chi connectivity index (χ0v) is 15.7. The number of aromatic nitrogens is 1. The van der Waals surface area contributed by atoms with Gasteiger partial charge in [-0.1, -0.05) is 18.2 Å². The second-order valence-corrected chi connectivity index (χ2v) is 7.59. The number of carbonyl (C=O) groups is 1. The number of ether oxygens (including phenoxy) is 1. The van der Waals surface area contributed by atoms with Gasteiger partial charge >= 0.3 is 0 Å². The van der Waals surface area contributed by atoms with Crippen LogP contribution < -0.4 is 15.8 Å². The van der Waals surface area contributed by atoms with Gasteiger partial charge in [0, 0.05) is 11.5 Å². The van der Waals surface area contributed by atoms with Gasteiger partial charge in [0.05, 0.1) is 10.7 Å². The first kappa shape index (κ1) is 17.7. The van der Waals surface area contributed by atoms with E-state index in [-0.39, 0.29) is 0 Å². The van der Waals surface area contributed by atoms with E-state index in [9.17, 15) is 4.79 Å². The third kappa shape index (κ3) is 4.02. The number of nitrogens with two attached hydrogens (primary N) is 1. The van der Waals surface area contributed by atoms with E-state index >= 15 is 0 Å². The number of thiazole rings is 1. The Hall–Kier alpha value is -2.70. The van der Waals surface area contributed by atoms with Gasteiger partial charge in [0.25, 0.3) is 5.91 Å². The largest absolute Gasteiger partial charge is 0.457 e. The van der Waals surface area contributed by atoms with Crippen molar-refractivity contribution in [2.45, 2.75) is 18.8 Å². The molecule has 5 nitrogen and oxygen atoms in total. The second-order valence-electron chi connectivity index (χ2n) is 6.56. The van der Waals surface area contributed by atoms with Gasteiger partial charge in [-0.25, -0.2) is 4.98 Å². The monoisotopic (exact) mass is 379 g/mol. The van der Waals surface area contributed by atoms with E-state index in [1.54, 1.807) is 0 Å². The Bertz CT molecular complexity index is 916. The highest BCUT2D eigenvalue weighted by Gasteiger charge is 2.24. The van der Waals surface area contributed by atoms with Gasteiger partial charge in [-0.15, -0.1) is 11.3 Å². The molecule has 2 heterocycles. The highest BCUT2D eigenvalue weighted by molar-refractivity contribution is 7.14. The molecule has 1 amide bonds. The molecular formula is C21H21N3O2S. The van der Waals surface area contributed by atoms with Crippen LogP contribution in [0.25, 0.3) is 11.3 Å². The summed E-state index contributed by atoms with van der Waals surface area (Å²) in [4.78, 5) is 17.3. The summed E-state index contributed by atoms with van der Waals surface area (Å²) in [6.45, 7) is 1.97. The van der Waals surface area contributed by atoms with Crippen molar-refractivity contribution >= 4 is 17.2 Å². The van der Waals surface area contributed by atoms with E-state index in [1.165, 1.54) is 11.3 Å². The number of nitrogens with zero attached hydrogens (tertiary/aromatic N) is 1. The SMILES string of the molecule is NC(=O)c1sc(C2CCNCC2)nc1-c1ccc(Oc2ccccc2)cc1. The zero-order chi connectivity index (χ0) is 18.6. The summed E-state index contributed by atoms with van der Waals surface area (Å²) < 4.78 is 5.83. The van der Waals surface area contributed by atoms with Crippen LogP contribution in [0.3, 0.4) is 0 Å².